The zero-order chi connectivity index (χ0) is 17.9. The predicted octanol–water partition coefficient (Wildman–Crippen LogP) is 3.35. The maximum Gasteiger partial charge on any atom is 0.418 e. The number of alkyl halides is 3. The number of benzene rings is 1. The third kappa shape index (κ3) is 4.31. The number of hydrogen-bond acceptors (Lipinski definition) is 2. The summed E-state index contributed by atoms with van der Waals surface area (Å²) in [6, 6.07) is 2.47. The smallest absolute Gasteiger partial charge is 0.356 e. The summed E-state index contributed by atoms with van der Waals surface area (Å²) in [5.74, 6) is -0.502. The summed E-state index contributed by atoms with van der Waals surface area (Å²) in [7, 11) is 0. The van der Waals surface area contributed by atoms with Gasteiger partial charge >= 0.3 is 12.2 Å². The van der Waals surface area contributed by atoms with Gasteiger partial charge in [-0.15, -0.1) is 0 Å². The second-order valence-corrected chi connectivity index (χ2v) is 5.88. The van der Waals surface area contributed by atoms with E-state index in [0.29, 0.717) is 19.5 Å². The molecule has 0 radical (unpaired) electrons. The molecule has 1 aliphatic heterocycles. The Labute approximate surface area is 142 Å². The van der Waals surface area contributed by atoms with Crippen molar-refractivity contribution in [1.82, 2.24) is 10.2 Å². The van der Waals surface area contributed by atoms with Crippen LogP contribution in [-0.2, 0) is 11.0 Å². The van der Waals surface area contributed by atoms with Crippen LogP contribution in [0.2, 0.25) is 5.02 Å². The third-order valence-corrected chi connectivity index (χ3v) is 3.96. The standard InChI is InChI=1S/C15H17ClF3N3O2/c1-2-20-13(23)9-5-6-22(8-9)14(24)21-12-4-3-10(16)7-11(12)15(17,18)19/h3-4,7,9H,2,5-6,8H2,1H3,(H,20,23)(H,21,24). The Balaban J connectivity index is 2.07. The van der Waals surface area contributed by atoms with Gasteiger partial charge in [0.1, 0.15) is 0 Å². The van der Waals surface area contributed by atoms with Gasteiger partial charge in [-0.2, -0.15) is 13.2 Å². The van der Waals surface area contributed by atoms with Crippen molar-refractivity contribution in [2.75, 3.05) is 25.0 Å². The lowest BCUT2D eigenvalue weighted by Crippen LogP contribution is -2.36. The van der Waals surface area contributed by atoms with Gasteiger partial charge in [0.25, 0.3) is 0 Å². The van der Waals surface area contributed by atoms with E-state index in [4.69, 9.17) is 11.6 Å². The van der Waals surface area contributed by atoms with Crippen LogP contribution in [0.15, 0.2) is 18.2 Å². The Bertz CT molecular complexity index is 637. The van der Waals surface area contributed by atoms with Gasteiger partial charge in [0.05, 0.1) is 17.2 Å². The van der Waals surface area contributed by atoms with E-state index in [1.165, 1.54) is 11.0 Å². The van der Waals surface area contributed by atoms with Crippen LogP contribution in [0.25, 0.3) is 0 Å². The number of halogens is 4. The van der Waals surface area contributed by atoms with Crippen LogP contribution in [0.1, 0.15) is 18.9 Å². The molecule has 0 aliphatic carbocycles. The van der Waals surface area contributed by atoms with Gasteiger partial charge in [0, 0.05) is 24.7 Å². The van der Waals surface area contributed by atoms with Crippen molar-refractivity contribution in [2.24, 2.45) is 5.92 Å². The molecule has 2 N–H and O–H groups in total. The Morgan fingerprint density at radius 3 is 2.71 bits per heavy atom. The third-order valence-electron chi connectivity index (χ3n) is 3.73. The van der Waals surface area contributed by atoms with E-state index in [1.54, 1.807) is 6.92 Å². The van der Waals surface area contributed by atoms with E-state index in [2.05, 4.69) is 10.6 Å². The van der Waals surface area contributed by atoms with Crippen LogP contribution < -0.4 is 10.6 Å². The number of carbonyl (C=O) groups excluding carboxylic acids is 2. The van der Waals surface area contributed by atoms with Crippen molar-refractivity contribution < 1.29 is 22.8 Å². The average Bonchev–Trinajstić information content (AvgIpc) is 2.98. The fraction of sp³-hybridized carbons (Fsp3) is 0.467. The van der Waals surface area contributed by atoms with Crippen molar-refractivity contribution in [3.8, 4) is 0 Å². The minimum absolute atomic E-state index is 0.0715. The molecule has 0 bridgehead atoms. The monoisotopic (exact) mass is 363 g/mol. The molecule has 5 nitrogen and oxygen atoms in total. The summed E-state index contributed by atoms with van der Waals surface area (Å²) in [6.07, 6.45) is -4.16. The highest BCUT2D eigenvalue weighted by Crippen LogP contribution is 2.36. The number of carbonyl (C=O) groups is 2. The predicted molar refractivity (Wildman–Crippen MR) is 83.8 cm³/mol. The minimum Gasteiger partial charge on any atom is -0.356 e. The fourth-order valence-corrected chi connectivity index (χ4v) is 2.70. The van der Waals surface area contributed by atoms with Crippen LogP contribution in [0.4, 0.5) is 23.7 Å². The first-order valence-electron chi connectivity index (χ1n) is 7.42. The van der Waals surface area contributed by atoms with Gasteiger partial charge in [-0.05, 0) is 31.5 Å². The van der Waals surface area contributed by atoms with Gasteiger partial charge in [-0.25, -0.2) is 4.79 Å². The molecule has 1 aliphatic rings. The molecular formula is C15H17ClF3N3O2. The van der Waals surface area contributed by atoms with E-state index in [-0.39, 0.29) is 29.1 Å². The van der Waals surface area contributed by atoms with Crippen molar-refractivity contribution in [3.05, 3.63) is 28.8 Å². The van der Waals surface area contributed by atoms with Crippen LogP contribution in [0.5, 0.6) is 0 Å². The molecule has 1 heterocycles. The number of amides is 3. The van der Waals surface area contributed by atoms with Crippen molar-refractivity contribution >= 4 is 29.2 Å². The van der Waals surface area contributed by atoms with Crippen LogP contribution in [0, 0.1) is 5.92 Å². The highest BCUT2D eigenvalue weighted by molar-refractivity contribution is 6.30. The molecule has 1 aromatic rings. The Morgan fingerprint density at radius 2 is 2.08 bits per heavy atom. The lowest BCUT2D eigenvalue weighted by molar-refractivity contribution is -0.137. The molecule has 24 heavy (non-hydrogen) atoms. The Hall–Kier alpha value is -1.96. The number of urea groups is 1. The van der Waals surface area contributed by atoms with Gasteiger partial charge < -0.3 is 15.5 Å². The zero-order valence-electron chi connectivity index (χ0n) is 12.9. The van der Waals surface area contributed by atoms with Crippen LogP contribution in [-0.4, -0.2) is 36.5 Å². The molecule has 132 valence electrons. The summed E-state index contributed by atoms with van der Waals surface area (Å²) in [4.78, 5) is 25.3. The average molecular weight is 364 g/mol. The highest BCUT2D eigenvalue weighted by atomic mass is 35.5. The molecule has 2 rings (SSSR count). The molecule has 1 fully saturated rings. The number of nitrogens with zero attached hydrogens (tertiary/aromatic N) is 1. The Morgan fingerprint density at radius 1 is 1.38 bits per heavy atom. The number of hydrogen-bond donors (Lipinski definition) is 2. The van der Waals surface area contributed by atoms with Crippen molar-refractivity contribution in [1.29, 1.82) is 0 Å². The minimum atomic E-state index is -4.64. The second kappa shape index (κ2) is 7.29. The summed E-state index contributed by atoms with van der Waals surface area (Å²) >= 11 is 5.60. The molecule has 3 amide bonds. The quantitative estimate of drug-likeness (QED) is 0.865. The van der Waals surface area contributed by atoms with E-state index < -0.39 is 17.8 Å². The van der Waals surface area contributed by atoms with Crippen molar-refractivity contribution in [2.45, 2.75) is 19.5 Å². The topological polar surface area (TPSA) is 61.4 Å². The first-order valence-corrected chi connectivity index (χ1v) is 7.80. The number of nitrogens with one attached hydrogen (secondary N) is 2. The van der Waals surface area contributed by atoms with Gasteiger partial charge in [0.2, 0.25) is 5.91 Å². The van der Waals surface area contributed by atoms with E-state index in [0.717, 1.165) is 12.1 Å². The first kappa shape index (κ1) is 18.4. The van der Waals surface area contributed by atoms with Crippen LogP contribution >= 0.6 is 11.6 Å². The molecule has 9 heteroatoms. The summed E-state index contributed by atoms with van der Waals surface area (Å²) in [5.41, 5.74) is -1.37. The first-order chi connectivity index (χ1) is 11.2. The maximum absolute atomic E-state index is 13.0. The molecule has 1 saturated heterocycles. The summed E-state index contributed by atoms with van der Waals surface area (Å²) < 4.78 is 39.1. The highest BCUT2D eigenvalue weighted by Gasteiger charge is 2.36. The second-order valence-electron chi connectivity index (χ2n) is 5.44. The zero-order valence-corrected chi connectivity index (χ0v) is 13.7. The summed E-state index contributed by atoms with van der Waals surface area (Å²) in [5, 5.41) is 4.85. The number of likely N-dealkylation sites (tertiary alicyclic amines) is 1. The van der Waals surface area contributed by atoms with E-state index >= 15 is 0 Å². The molecule has 0 spiro atoms. The Kier molecular flexibility index (Phi) is 5.58. The number of anilines is 1. The molecule has 1 unspecified atom stereocenters. The molecule has 1 aromatic carbocycles. The lowest BCUT2D eigenvalue weighted by atomic mass is 10.1. The van der Waals surface area contributed by atoms with E-state index in [1.807, 2.05) is 0 Å². The van der Waals surface area contributed by atoms with Gasteiger partial charge in [-0.1, -0.05) is 11.6 Å². The number of rotatable bonds is 3. The lowest BCUT2D eigenvalue weighted by Gasteiger charge is -2.19. The largest absolute Gasteiger partial charge is 0.418 e. The fourth-order valence-electron chi connectivity index (χ4n) is 2.53. The normalized spacial score (nSPS) is 17.7. The SMILES string of the molecule is CCNC(=O)C1CCN(C(=O)Nc2ccc(Cl)cc2C(F)(F)F)C1. The molecule has 1 atom stereocenters. The molecular weight excluding hydrogens is 347 g/mol. The molecule has 0 saturated carbocycles. The van der Waals surface area contributed by atoms with Crippen molar-refractivity contribution in [3.63, 3.8) is 0 Å². The van der Waals surface area contributed by atoms with E-state index in [9.17, 15) is 22.8 Å². The summed E-state index contributed by atoms with van der Waals surface area (Å²) in [6.45, 7) is 2.76. The maximum atomic E-state index is 13.0. The van der Waals surface area contributed by atoms with Gasteiger partial charge in [0.15, 0.2) is 0 Å². The molecule has 0 aromatic heterocycles. The van der Waals surface area contributed by atoms with Gasteiger partial charge in [-0.3, -0.25) is 4.79 Å². The van der Waals surface area contributed by atoms with Crippen LogP contribution in [0.3, 0.4) is 0 Å².